The van der Waals surface area contributed by atoms with Gasteiger partial charge < -0.3 is 19.9 Å². The van der Waals surface area contributed by atoms with Gasteiger partial charge in [-0.1, -0.05) is 84.9 Å². The summed E-state index contributed by atoms with van der Waals surface area (Å²) in [6.45, 7) is 3.75. The zero-order valence-electron chi connectivity index (χ0n) is 23.4. The van der Waals surface area contributed by atoms with Crippen LogP contribution >= 0.6 is 0 Å². The van der Waals surface area contributed by atoms with Gasteiger partial charge in [0.05, 0.1) is 12.7 Å². The lowest BCUT2D eigenvalue weighted by atomic mass is 9.98. The number of carbonyl (C=O) groups excluding carboxylic acids is 2. The van der Waals surface area contributed by atoms with Crippen LogP contribution in [0, 0.1) is 6.92 Å². The Morgan fingerprint density at radius 2 is 1.48 bits per heavy atom. The van der Waals surface area contributed by atoms with Gasteiger partial charge in [-0.3, -0.25) is 10.1 Å². The molecule has 0 spiro atoms. The molecule has 4 aromatic rings. The number of benzene rings is 4. The molecule has 0 bridgehead atoms. The van der Waals surface area contributed by atoms with E-state index in [0.29, 0.717) is 5.69 Å². The summed E-state index contributed by atoms with van der Waals surface area (Å²) >= 11 is 0. The molecular formula is C34H32N2O6. The van der Waals surface area contributed by atoms with Crippen LogP contribution in [0.5, 0.6) is 0 Å². The molecule has 1 aliphatic carbocycles. The molecule has 2 atom stereocenters. The first-order chi connectivity index (χ1) is 20.3. The van der Waals surface area contributed by atoms with Crippen LogP contribution in [0.15, 0.2) is 97.1 Å². The average molecular weight is 565 g/mol. The Labute approximate surface area is 244 Å². The summed E-state index contributed by atoms with van der Waals surface area (Å²) in [5.74, 6) is -1.90. The highest BCUT2D eigenvalue weighted by atomic mass is 16.5. The maximum atomic E-state index is 13.0. The van der Waals surface area contributed by atoms with Crippen LogP contribution in [0.4, 0.5) is 10.5 Å². The quantitative estimate of drug-likeness (QED) is 0.213. The fourth-order valence-electron chi connectivity index (χ4n) is 5.14. The van der Waals surface area contributed by atoms with Gasteiger partial charge in [-0.25, -0.2) is 9.59 Å². The van der Waals surface area contributed by atoms with E-state index in [1.54, 1.807) is 26.0 Å². The van der Waals surface area contributed by atoms with Gasteiger partial charge in [0.15, 0.2) is 6.04 Å². The van der Waals surface area contributed by atoms with Crippen molar-refractivity contribution in [1.82, 2.24) is 5.32 Å². The molecule has 0 fully saturated rings. The Kier molecular flexibility index (Phi) is 8.64. The van der Waals surface area contributed by atoms with Gasteiger partial charge in [0.1, 0.15) is 6.61 Å². The van der Waals surface area contributed by atoms with Crippen molar-refractivity contribution in [2.24, 2.45) is 0 Å². The maximum Gasteiger partial charge on any atom is 0.411 e. The summed E-state index contributed by atoms with van der Waals surface area (Å²) < 4.78 is 11.4. The summed E-state index contributed by atoms with van der Waals surface area (Å²) in [6, 6.07) is 29.0. The van der Waals surface area contributed by atoms with Crippen molar-refractivity contribution in [3.8, 4) is 11.1 Å². The summed E-state index contributed by atoms with van der Waals surface area (Å²) in [5, 5.41) is 15.0. The van der Waals surface area contributed by atoms with Crippen molar-refractivity contribution in [2.45, 2.75) is 38.5 Å². The molecule has 1 aliphatic rings. The lowest BCUT2D eigenvalue weighted by molar-refractivity contribution is -0.143. The molecular weight excluding hydrogens is 532 g/mol. The highest BCUT2D eigenvalue weighted by molar-refractivity contribution is 5.98. The third-order valence-corrected chi connectivity index (χ3v) is 7.46. The minimum absolute atomic E-state index is 0.0830. The molecule has 0 aromatic heterocycles. The van der Waals surface area contributed by atoms with E-state index in [4.69, 9.17) is 9.47 Å². The van der Waals surface area contributed by atoms with Crippen molar-refractivity contribution < 1.29 is 29.0 Å². The average Bonchev–Trinajstić information content (AvgIpc) is 3.32. The number of amides is 2. The zero-order chi connectivity index (χ0) is 29.6. The molecule has 4 aromatic carbocycles. The molecule has 42 heavy (non-hydrogen) atoms. The summed E-state index contributed by atoms with van der Waals surface area (Å²) in [5.41, 5.74) is 6.67. The van der Waals surface area contributed by atoms with Gasteiger partial charge >= 0.3 is 12.1 Å². The number of carboxylic acid groups (broad SMARTS) is 1. The SMILES string of the molecule is Cc1ccc(C(=O)N[C@@H](C(=O)O)[C@H](C)OCc2ccccc2)cc1NC(=O)OCC1c2ccccc2-c2ccccc21. The number of carboxylic acids is 1. The molecule has 8 nitrogen and oxygen atoms in total. The number of aliphatic carboxylic acids is 1. The molecule has 0 aliphatic heterocycles. The smallest absolute Gasteiger partial charge is 0.411 e. The lowest BCUT2D eigenvalue weighted by Gasteiger charge is -2.22. The number of rotatable bonds is 10. The van der Waals surface area contributed by atoms with E-state index < -0.39 is 30.1 Å². The molecule has 0 saturated heterocycles. The minimum atomic E-state index is -1.28. The standard InChI is InChI=1S/C34H32N2O6/c1-21-16-17-24(32(37)36-31(33(38)39)22(2)41-19-23-10-4-3-5-11-23)18-30(21)35-34(40)42-20-29-27-14-8-6-12-25(27)26-13-7-9-15-28(26)29/h3-18,22,29,31H,19-20H2,1-2H3,(H,35,40)(H,36,37)(H,38,39)/t22-,31+/m0/s1. The summed E-state index contributed by atoms with van der Waals surface area (Å²) in [7, 11) is 0. The third-order valence-electron chi connectivity index (χ3n) is 7.46. The van der Waals surface area contributed by atoms with E-state index >= 15 is 0 Å². The highest BCUT2D eigenvalue weighted by Crippen LogP contribution is 2.44. The van der Waals surface area contributed by atoms with E-state index in [9.17, 15) is 19.5 Å². The number of anilines is 1. The van der Waals surface area contributed by atoms with Crippen LogP contribution in [0.25, 0.3) is 11.1 Å². The molecule has 0 unspecified atom stereocenters. The Bertz CT molecular complexity index is 1560. The molecule has 0 radical (unpaired) electrons. The summed E-state index contributed by atoms with van der Waals surface area (Å²) in [4.78, 5) is 37.8. The van der Waals surface area contributed by atoms with E-state index in [1.165, 1.54) is 6.07 Å². The summed E-state index contributed by atoms with van der Waals surface area (Å²) in [6.07, 6.45) is -1.45. The first-order valence-corrected chi connectivity index (χ1v) is 13.7. The number of carbonyl (C=O) groups is 3. The van der Waals surface area contributed by atoms with Crippen LogP contribution in [0.3, 0.4) is 0 Å². The molecule has 0 saturated carbocycles. The van der Waals surface area contributed by atoms with Gasteiger partial charge in [-0.15, -0.1) is 0 Å². The molecule has 5 rings (SSSR count). The number of nitrogens with one attached hydrogen (secondary N) is 2. The molecule has 214 valence electrons. The number of fused-ring (bicyclic) bond motifs is 3. The van der Waals surface area contributed by atoms with Crippen LogP contribution in [0.2, 0.25) is 0 Å². The van der Waals surface area contributed by atoms with Crippen LogP contribution in [-0.2, 0) is 20.9 Å². The number of hydrogen-bond donors (Lipinski definition) is 3. The Hall–Kier alpha value is -4.95. The van der Waals surface area contributed by atoms with E-state index in [0.717, 1.165) is 33.4 Å². The fraction of sp³-hybridized carbons (Fsp3) is 0.206. The van der Waals surface area contributed by atoms with Crippen molar-refractivity contribution in [2.75, 3.05) is 11.9 Å². The largest absolute Gasteiger partial charge is 0.480 e. The van der Waals surface area contributed by atoms with Gasteiger partial charge in [-0.05, 0) is 59.4 Å². The maximum absolute atomic E-state index is 13.0. The van der Waals surface area contributed by atoms with E-state index in [2.05, 4.69) is 22.8 Å². The number of aryl methyl sites for hydroxylation is 1. The predicted octanol–water partition coefficient (Wildman–Crippen LogP) is 6.14. The predicted molar refractivity (Wildman–Crippen MR) is 159 cm³/mol. The van der Waals surface area contributed by atoms with Crippen molar-refractivity contribution in [3.05, 3.63) is 125 Å². The third kappa shape index (κ3) is 6.34. The second-order valence-electron chi connectivity index (χ2n) is 10.3. The van der Waals surface area contributed by atoms with Crippen molar-refractivity contribution >= 4 is 23.7 Å². The molecule has 0 heterocycles. The second kappa shape index (κ2) is 12.7. The van der Waals surface area contributed by atoms with E-state index in [1.807, 2.05) is 66.7 Å². The highest BCUT2D eigenvalue weighted by Gasteiger charge is 2.30. The number of ether oxygens (including phenoxy) is 2. The Balaban J connectivity index is 1.22. The number of hydrogen-bond acceptors (Lipinski definition) is 5. The fourth-order valence-corrected chi connectivity index (χ4v) is 5.14. The van der Waals surface area contributed by atoms with Gasteiger partial charge in [0.2, 0.25) is 0 Å². The van der Waals surface area contributed by atoms with Gasteiger partial charge in [0.25, 0.3) is 5.91 Å². The van der Waals surface area contributed by atoms with Gasteiger partial charge in [-0.2, -0.15) is 0 Å². The zero-order valence-corrected chi connectivity index (χ0v) is 23.4. The Morgan fingerprint density at radius 1 is 0.857 bits per heavy atom. The first-order valence-electron chi connectivity index (χ1n) is 13.7. The van der Waals surface area contributed by atoms with Crippen LogP contribution < -0.4 is 10.6 Å². The first kappa shape index (κ1) is 28.6. The minimum Gasteiger partial charge on any atom is -0.480 e. The second-order valence-corrected chi connectivity index (χ2v) is 10.3. The normalized spacial score (nSPS) is 13.4. The molecule has 8 heteroatoms. The monoisotopic (exact) mass is 564 g/mol. The van der Waals surface area contributed by atoms with Gasteiger partial charge in [0, 0.05) is 17.2 Å². The topological polar surface area (TPSA) is 114 Å². The van der Waals surface area contributed by atoms with E-state index in [-0.39, 0.29) is 24.7 Å². The lowest BCUT2D eigenvalue weighted by Crippen LogP contribution is -2.48. The molecule has 3 N–H and O–H groups in total. The van der Waals surface area contributed by atoms with Crippen molar-refractivity contribution in [1.29, 1.82) is 0 Å². The molecule has 2 amide bonds. The Morgan fingerprint density at radius 3 is 2.12 bits per heavy atom. The van der Waals surface area contributed by atoms with Crippen molar-refractivity contribution in [3.63, 3.8) is 0 Å². The van der Waals surface area contributed by atoms with Crippen LogP contribution in [-0.4, -0.2) is 41.8 Å². The van der Waals surface area contributed by atoms with Crippen LogP contribution in [0.1, 0.15) is 45.5 Å².